The molecule has 1 aliphatic heterocycles. The molecule has 1 aliphatic rings. The Morgan fingerprint density at radius 3 is 2.67 bits per heavy atom. The third-order valence-corrected chi connectivity index (χ3v) is 5.80. The van der Waals surface area contributed by atoms with Gasteiger partial charge in [0.05, 0.1) is 25.0 Å². The van der Waals surface area contributed by atoms with Gasteiger partial charge in [-0.1, -0.05) is 24.3 Å². The van der Waals surface area contributed by atoms with Gasteiger partial charge in [0.15, 0.2) is 6.10 Å². The minimum Gasteiger partial charge on any atom is -0.363 e. The first-order valence-electron chi connectivity index (χ1n) is 10.9. The zero-order valence-electron chi connectivity index (χ0n) is 17.9. The summed E-state index contributed by atoms with van der Waals surface area (Å²) in [5.41, 5.74) is 5.65. The Labute approximate surface area is 191 Å². The largest absolute Gasteiger partial charge is 0.363 e. The van der Waals surface area contributed by atoms with Crippen LogP contribution in [0.3, 0.4) is 0 Å². The number of ether oxygens (including phenoxy) is 1. The molecule has 6 nitrogen and oxygen atoms in total. The van der Waals surface area contributed by atoms with Crippen LogP contribution < -0.4 is 5.32 Å². The molecule has 0 fully saturated rings. The molecule has 1 N–H and O–H groups in total. The highest BCUT2D eigenvalue weighted by atomic mass is 19.1. The number of amides is 1. The fourth-order valence-corrected chi connectivity index (χ4v) is 4.20. The summed E-state index contributed by atoms with van der Waals surface area (Å²) in [4.78, 5) is 16.9. The molecule has 2 aromatic heterocycles. The van der Waals surface area contributed by atoms with Crippen LogP contribution in [-0.4, -0.2) is 33.8 Å². The minimum atomic E-state index is -0.600. The lowest BCUT2D eigenvalue weighted by Crippen LogP contribution is -2.35. The first-order valence-corrected chi connectivity index (χ1v) is 10.9. The van der Waals surface area contributed by atoms with Gasteiger partial charge in [0.2, 0.25) is 0 Å². The molecule has 0 radical (unpaired) electrons. The number of carbonyl (C=O) groups excluding carboxylic acids is 1. The van der Waals surface area contributed by atoms with Crippen molar-refractivity contribution in [1.29, 1.82) is 0 Å². The van der Waals surface area contributed by atoms with Crippen LogP contribution in [0, 0.1) is 5.82 Å². The van der Waals surface area contributed by atoms with Gasteiger partial charge >= 0.3 is 0 Å². The number of rotatable bonds is 6. The average molecular weight is 442 g/mol. The lowest BCUT2D eigenvalue weighted by Gasteiger charge is -2.25. The number of carbonyl (C=O) groups is 1. The van der Waals surface area contributed by atoms with E-state index in [1.807, 2.05) is 41.1 Å². The molecule has 5 rings (SSSR count). The summed E-state index contributed by atoms with van der Waals surface area (Å²) >= 11 is 0. The van der Waals surface area contributed by atoms with Crippen LogP contribution in [0.15, 0.2) is 79.3 Å². The Bertz CT molecular complexity index is 1260. The van der Waals surface area contributed by atoms with E-state index >= 15 is 0 Å². The van der Waals surface area contributed by atoms with Crippen molar-refractivity contribution < 1.29 is 13.9 Å². The predicted molar refractivity (Wildman–Crippen MR) is 123 cm³/mol. The number of hydrogen-bond donors (Lipinski definition) is 1. The molecule has 0 unspecified atom stereocenters. The summed E-state index contributed by atoms with van der Waals surface area (Å²) in [5.74, 6) is -0.456. The van der Waals surface area contributed by atoms with Crippen molar-refractivity contribution in [3.05, 3.63) is 96.2 Å². The van der Waals surface area contributed by atoms with E-state index in [1.54, 1.807) is 30.7 Å². The van der Waals surface area contributed by atoms with Crippen molar-refractivity contribution in [2.24, 2.45) is 0 Å². The molecule has 0 saturated heterocycles. The van der Waals surface area contributed by atoms with Crippen LogP contribution in [0.5, 0.6) is 0 Å². The van der Waals surface area contributed by atoms with Crippen molar-refractivity contribution in [2.75, 3.05) is 13.2 Å². The molecule has 0 bridgehead atoms. The van der Waals surface area contributed by atoms with Gasteiger partial charge in [-0.15, -0.1) is 0 Å². The van der Waals surface area contributed by atoms with E-state index in [2.05, 4.69) is 15.4 Å². The minimum absolute atomic E-state index is 0.160. The zero-order valence-corrected chi connectivity index (χ0v) is 17.9. The number of aromatic nitrogens is 3. The third-order valence-electron chi connectivity index (χ3n) is 5.80. The Hall–Kier alpha value is -3.84. The molecule has 166 valence electrons. The SMILES string of the molecule is O=C(NCCn1ncc(-c2ccncc2)c1-c1ccc(F)cc1)[C@H]1OCCc2ccccc21. The highest BCUT2D eigenvalue weighted by Gasteiger charge is 2.27. The quantitative estimate of drug-likeness (QED) is 0.486. The van der Waals surface area contributed by atoms with Crippen LogP contribution in [0.2, 0.25) is 0 Å². The Morgan fingerprint density at radius 2 is 1.85 bits per heavy atom. The van der Waals surface area contributed by atoms with Crippen LogP contribution >= 0.6 is 0 Å². The molecule has 4 aromatic rings. The van der Waals surface area contributed by atoms with Crippen molar-refractivity contribution in [3.8, 4) is 22.4 Å². The van der Waals surface area contributed by atoms with E-state index in [0.29, 0.717) is 19.7 Å². The lowest BCUT2D eigenvalue weighted by molar-refractivity contribution is -0.134. The molecule has 1 amide bonds. The molecular weight excluding hydrogens is 419 g/mol. The van der Waals surface area contributed by atoms with Crippen LogP contribution in [0.1, 0.15) is 17.2 Å². The number of benzene rings is 2. The van der Waals surface area contributed by atoms with E-state index in [4.69, 9.17) is 4.74 Å². The molecular formula is C26H23FN4O2. The average Bonchev–Trinajstić information content (AvgIpc) is 3.28. The molecule has 0 saturated carbocycles. The fraction of sp³-hybridized carbons (Fsp3) is 0.192. The van der Waals surface area contributed by atoms with Crippen molar-refractivity contribution in [1.82, 2.24) is 20.1 Å². The van der Waals surface area contributed by atoms with Crippen molar-refractivity contribution in [2.45, 2.75) is 19.1 Å². The Kier molecular flexibility index (Phi) is 5.95. The first-order chi connectivity index (χ1) is 16.2. The highest BCUT2D eigenvalue weighted by Crippen LogP contribution is 2.32. The first kappa shape index (κ1) is 21.0. The molecule has 1 atom stereocenters. The van der Waals surface area contributed by atoms with Crippen LogP contribution in [0.4, 0.5) is 4.39 Å². The maximum Gasteiger partial charge on any atom is 0.253 e. The summed E-state index contributed by atoms with van der Waals surface area (Å²) in [5, 5.41) is 7.54. The lowest BCUT2D eigenvalue weighted by atomic mass is 9.97. The molecule has 3 heterocycles. The number of hydrogen-bond acceptors (Lipinski definition) is 4. The van der Waals surface area contributed by atoms with Gasteiger partial charge in [0.1, 0.15) is 5.82 Å². The normalized spacial score (nSPS) is 15.1. The summed E-state index contributed by atoms with van der Waals surface area (Å²) < 4.78 is 21.1. The van der Waals surface area contributed by atoms with Gasteiger partial charge < -0.3 is 10.1 Å². The summed E-state index contributed by atoms with van der Waals surface area (Å²) in [6.07, 6.45) is 5.45. The topological polar surface area (TPSA) is 69.0 Å². The summed E-state index contributed by atoms with van der Waals surface area (Å²) in [6, 6.07) is 18.0. The van der Waals surface area contributed by atoms with Crippen molar-refractivity contribution in [3.63, 3.8) is 0 Å². The monoisotopic (exact) mass is 442 g/mol. The number of pyridine rings is 1. The van der Waals surface area contributed by atoms with Gasteiger partial charge in [-0.25, -0.2) is 4.39 Å². The standard InChI is InChI=1S/C26H23FN4O2/c27-21-7-5-20(6-8-21)24-23(19-9-12-28-13-10-19)17-30-31(24)15-14-29-26(32)25-22-4-2-1-3-18(22)11-16-33-25/h1-10,12-13,17,25H,11,14-16H2,(H,29,32)/t25-/m0/s1. The summed E-state index contributed by atoms with van der Waals surface area (Å²) in [6.45, 7) is 1.36. The van der Waals surface area contributed by atoms with Gasteiger partial charge in [0, 0.05) is 30.1 Å². The van der Waals surface area contributed by atoms with Gasteiger partial charge in [-0.2, -0.15) is 5.10 Å². The smallest absolute Gasteiger partial charge is 0.253 e. The number of fused-ring (bicyclic) bond motifs is 1. The molecule has 7 heteroatoms. The highest BCUT2D eigenvalue weighted by molar-refractivity contribution is 5.83. The maximum absolute atomic E-state index is 13.5. The van der Waals surface area contributed by atoms with Gasteiger partial charge in [-0.3, -0.25) is 14.5 Å². The van der Waals surface area contributed by atoms with E-state index in [0.717, 1.165) is 39.9 Å². The van der Waals surface area contributed by atoms with Crippen LogP contribution in [-0.2, 0) is 22.5 Å². The predicted octanol–water partition coefficient (Wildman–Crippen LogP) is 4.18. The van der Waals surface area contributed by atoms with Crippen molar-refractivity contribution >= 4 is 5.91 Å². The van der Waals surface area contributed by atoms with E-state index < -0.39 is 6.10 Å². The van der Waals surface area contributed by atoms with Gasteiger partial charge in [0.25, 0.3) is 5.91 Å². The molecule has 0 aliphatic carbocycles. The Morgan fingerprint density at radius 1 is 1.06 bits per heavy atom. The van der Waals surface area contributed by atoms with E-state index in [-0.39, 0.29) is 11.7 Å². The number of nitrogens with zero attached hydrogens (tertiary/aromatic N) is 3. The van der Waals surface area contributed by atoms with Gasteiger partial charge in [-0.05, 0) is 59.5 Å². The fourth-order valence-electron chi connectivity index (χ4n) is 4.20. The number of halogens is 1. The van der Waals surface area contributed by atoms with E-state index in [1.165, 1.54) is 12.1 Å². The third kappa shape index (κ3) is 4.40. The maximum atomic E-state index is 13.5. The second kappa shape index (κ2) is 9.34. The molecule has 33 heavy (non-hydrogen) atoms. The van der Waals surface area contributed by atoms with E-state index in [9.17, 15) is 9.18 Å². The van der Waals surface area contributed by atoms with Crippen LogP contribution in [0.25, 0.3) is 22.4 Å². The zero-order chi connectivity index (χ0) is 22.6. The second-order valence-electron chi connectivity index (χ2n) is 7.86. The second-order valence-corrected chi connectivity index (χ2v) is 7.86. The molecule has 0 spiro atoms. The number of nitrogens with one attached hydrogen (secondary N) is 1. The summed E-state index contributed by atoms with van der Waals surface area (Å²) in [7, 11) is 0. The molecule has 2 aromatic carbocycles. The Balaban J connectivity index is 1.35.